The molecule has 0 spiro atoms. The molecule has 2 heterocycles. The van der Waals surface area contributed by atoms with Crippen LogP contribution >= 0.6 is 23.8 Å². The SMILES string of the molecule is CCOC(=O)CN1C(=S)N(c2cccc(Cl)c2)[C@H]2CS(=O)(=O)C[C@H]21. The fourth-order valence-corrected chi connectivity index (χ4v) is 5.81. The van der Waals surface area contributed by atoms with Crippen LogP contribution in [-0.2, 0) is 19.4 Å². The Bertz CT molecular complexity index is 783. The van der Waals surface area contributed by atoms with Crippen molar-refractivity contribution in [3.63, 3.8) is 0 Å². The first kappa shape index (κ1) is 17.4. The van der Waals surface area contributed by atoms with Gasteiger partial charge in [-0.25, -0.2) is 8.42 Å². The van der Waals surface area contributed by atoms with E-state index in [0.29, 0.717) is 10.1 Å². The second-order valence-electron chi connectivity index (χ2n) is 5.78. The Kier molecular flexibility index (Phi) is 4.72. The molecule has 3 rings (SSSR count). The summed E-state index contributed by atoms with van der Waals surface area (Å²) in [6.07, 6.45) is 0. The van der Waals surface area contributed by atoms with E-state index in [0.717, 1.165) is 5.69 Å². The largest absolute Gasteiger partial charge is 0.465 e. The first-order chi connectivity index (χ1) is 11.3. The van der Waals surface area contributed by atoms with Gasteiger partial charge in [0.15, 0.2) is 14.9 Å². The molecule has 0 N–H and O–H groups in total. The number of hydrogen-bond acceptors (Lipinski definition) is 5. The zero-order valence-corrected chi connectivity index (χ0v) is 15.4. The molecule has 0 unspecified atom stereocenters. The number of halogens is 1. The third-order valence-corrected chi connectivity index (χ3v) is 6.53. The van der Waals surface area contributed by atoms with Gasteiger partial charge in [0.1, 0.15) is 6.54 Å². The highest BCUT2D eigenvalue weighted by Gasteiger charge is 2.52. The van der Waals surface area contributed by atoms with Crippen LogP contribution in [-0.4, -0.2) is 61.1 Å². The zero-order chi connectivity index (χ0) is 17.5. The van der Waals surface area contributed by atoms with Crippen LogP contribution in [0.4, 0.5) is 5.69 Å². The number of hydrogen-bond donors (Lipinski definition) is 0. The Morgan fingerprint density at radius 2 is 2.08 bits per heavy atom. The number of esters is 1. The van der Waals surface area contributed by atoms with Crippen molar-refractivity contribution in [1.82, 2.24) is 4.90 Å². The summed E-state index contributed by atoms with van der Waals surface area (Å²) in [6.45, 7) is 1.94. The number of thiocarbonyl (C=S) groups is 1. The lowest BCUT2D eigenvalue weighted by Crippen LogP contribution is -2.41. The summed E-state index contributed by atoms with van der Waals surface area (Å²) in [6, 6.07) is 6.41. The highest BCUT2D eigenvalue weighted by atomic mass is 35.5. The number of benzene rings is 1. The van der Waals surface area contributed by atoms with Gasteiger partial charge in [0.05, 0.1) is 30.2 Å². The molecule has 2 aliphatic heterocycles. The van der Waals surface area contributed by atoms with Gasteiger partial charge in [-0.05, 0) is 37.3 Å². The maximum absolute atomic E-state index is 12.1. The molecule has 0 saturated carbocycles. The summed E-state index contributed by atoms with van der Waals surface area (Å²) in [7, 11) is -3.19. The Morgan fingerprint density at radius 3 is 2.75 bits per heavy atom. The van der Waals surface area contributed by atoms with Crippen LogP contribution in [0.1, 0.15) is 6.92 Å². The number of anilines is 1. The summed E-state index contributed by atoms with van der Waals surface area (Å²) in [5.41, 5.74) is 0.728. The van der Waals surface area contributed by atoms with Crippen LogP contribution < -0.4 is 4.90 Å². The number of carbonyl (C=O) groups is 1. The summed E-state index contributed by atoms with van der Waals surface area (Å²) in [5, 5.41) is 0.965. The average Bonchev–Trinajstić information content (AvgIpc) is 2.91. The summed E-state index contributed by atoms with van der Waals surface area (Å²) in [5.74, 6) is -0.436. The van der Waals surface area contributed by atoms with Crippen molar-refractivity contribution in [3.05, 3.63) is 29.3 Å². The minimum absolute atomic E-state index is 0.00362. The van der Waals surface area contributed by atoms with E-state index in [1.54, 1.807) is 34.9 Å². The van der Waals surface area contributed by atoms with Crippen molar-refractivity contribution in [2.24, 2.45) is 0 Å². The van der Waals surface area contributed by atoms with Gasteiger partial charge in [-0.3, -0.25) is 4.79 Å². The second-order valence-corrected chi connectivity index (χ2v) is 8.73. The molecular formula is C15H17ClN2O4S2. The third kappa shape index (κ3) is 3.22. The molecule has 2 aliphatic rings. The van der Waals surface area contributed by atoms with Gasteiger partial charge in [0.2, 0.25) is 0 Å². The zero-order valence-electron chi connectivity index (χ0n) is 13.0. The molecule has 2 saturated heterocycles. The van der Waals surface area contributed by atoms with Gasteiger partial charge in [0.25, 0.3) is 0 Å². The molecule has 0 aliphatic carbocycles. The van der Waals surface area contributed by atoms with E-state index in [2.05, 4.69) is 0 Å². The van der Waals surface area contributed by atoms with Crippen molar-refractivity contribution in [1.29, 1.82) is 0 Å². The summed E-state index contributed by atoms with van der Waals surface area (Å²) >= 11 is 11.6. The second kappa shape index (κ2) is 6.50. The molecule has 0 aromatic heterocycles. The molecule has 0 bridgehead atoms. The summed E-state index contributed by atoms with van der Waals surface area (Å²) in [4.78, 5) is 15.3. The van der Waals surface area contributed by atoms with Gasteiger partial charge >= 0.3 is 5.97 Å². The lowest BCUT2D eigenvalue weighted by atomic mass is 10.1. The van der Waals surface area contributed by atoms with Crippen LogP contribution in [0.5, 0.6) is 0 Å². The number of ether oxygens (including phenoxy) is 1. The van der Waals surface area contributed by atoms with E-state index in [4.69, 9.17) is 28.6 Å². The highest BCUT2D eigenvalue weighted by Crippen LogP contribution is 2.35. The van der Waals surface area contributed by atoms with Gasteiger partial charge in [-0.1, -0.05) is 17.7 Å². The third-order valence-electron chi connectivity index (χ3n) is 4.17. The lowest BCUT2D eigenvalue weighted by Gasteiger charge is -2.25. The fourth-order valence-electron chi connectivity index (χ4n) is 3.24. The van der Waals surface area contributed by atoms with Crippen LogP contribution in [0, 0.1) is 0 Å². The Hall–Kier alpha value is -1.38. The van der Waals surface area contributed by atoms with Crippen LogP contribution in [0.2, 0.25) is 5.02 Å². The molecule has 2 atom stereocenters. The quantitative estimate of drug-likeness (QED) is 0.571. The molecule has 2 fully saturated rings. The predicted molar refractivity (Wildman–Crippen MR) is 96.1 cm³/mol. The van der Waals surface area contributed by atoms with E-state index < -0.39 is 15.8 Å². The molecule has 9 heteroatoms. The van der Waals surface area contributed by atoms with Gasteiger partial charge in [-0.15, -0.1) is 0 Å². The monoisotopic (exact) mass is 388 g/mol. The van der Waals surface area contributed by atoms with Crippen molar-refractivity contribution in [2.75, 3.05) is 29.6 Å². The van der Waals surface area contributed by atoms with Crippen LogP contribution in [0.15, 0.2) is 24.3 Å². The molecule has 130 valence electrons. The first-order valence-corrected chi connectivity index (χ1v) is 10.1. The number of nitrogens with zero attached hydrogens (tertiary/aromatic N) is 2. The molecule has 6 nitrogen and oxygen atoms in total. The fraction of sp³-hybridized carbons (Fsp3) is 0.467. The molecule has 1 aromatic carbocycles. The lowest BCUT2D eigenvalue weighted by molar-refractivity contribution is -0.143. The summed E-state index contributed by atoms with van der Waals surface area (Å²) < 4.78 is 29.2. The Morgan fingerprint density at radius 1 is 1.38 bits per heavy atom. The highest BCUT2D eigenvalue weighted by molar-refractivity contribution is 7.91. The van der Waals surface area contributed by atoms with E-state index in [1.165, 1.54) is 0 Å². The van der Waals surface area contributed by atoms with Crippen molar-refractivity contribution in [2.45, 2.75) is 19.0 Å². The minimum Gasteiger partial charge on any atom is -0.465 e. The maximum atomic E-state index is 12.1. The number of carbonyl (C=O) groups excluding carboxylic acids is 1. The standard InChI is InChI=1S/C15H17ClN2O4S2/c1-2-22-14(19)7-17-12-8-24(20,21)9-13(12)18(15(17)23)11-5-3-4-10(16)6-11/h3-6,12-13H,2,7-9H2,1H3/t12-,13+/m1/s1. The smallest absolute Gasteiger partial charge is 0.325 e. The number of sulfone groups is 1. The molecule has 0 radical (unpaired) electrons. The molecule has 24 heavy (non-hydrogen) atoms. The van der Waals surface area contributed by atoms with Gasteiger partial charge in [0, 0.05) is 10.7 Å². The van der Waals surface area contributed by atoms with Crippen molar-refractivity contribution >= 4 is 50.4 Å². The molecule has 0 amide bonds. The maximum Gasteiger partial charge on any atom is 0.325 e. The average molecular weight is 389 g/mol. The van der Waals surface area contributed by atoms with Gasteiger partial charge < -0.3 is 14.5 Å². The first-order valence-electron chi connectivity index (χ1n) is 7.54. The van der Waals surface area contributed by atoms with E-state index in [1.807, 2.05) is 6.07 Å². The van der Waals surface area contributed by atoms with Crippen molar-refractivity contribution in [3.8, 4) is 0 Å². The predicted octanol–water partition coefficient (Wildman–Crippen LogP) is 1.48. The van der Waals surface area contributed by atoms with Crippen LogP contribution in [0.3, 0.4) is 0 Å². The Balaban J connectivity index is 1.95. The number of fused-ring (bicyclic) bond motifs is 1. The normalized spacial score (nSPS) is 25.0. The topological polar surface area (TPSA) is 66.9 Å². The Labute approximate surface area is 151 Å². The van der Waals surface area contributed by atoms with Crippen molar-refractivity contribution < 1.29 is 17.9 Å². The van der Waals surface area contributed by atoms with Crippen LogP contribution in [0.25, 0.3) is 0 Å². The molecule has 1 aromatic rings. The molecular weight excluding hydrogens is 372 g/mol. The minimum atomic E-state index is -3.19. The number of rotatable bonds is 4. The van der Waals surface area contributed by atoms with E-state index >= 15 is 0 Å². The van der Waals surface area contributed by atoms with Gasteiger partial charge in [-0.2, -0.15) is 0 Å². The van der Waals surface area contributed by atoms with E-state index in [9.17, 15) is 13.2 Å². The van der Waals surface area contributed by atoms with E-state index in [-0.39, 0.29) is 36.7 Å².